The van der Waals surface area contributed by atoms with Crippen LogP contribution in [-0.4, -0.2) is 31.8 Å². The number of hydrogen-bond donors (Lipinski definition) is 1. The number of fused-ring (bicyclic) bond motifs is 1. The summed E-state index contributed by atoms with van der Waals surface area (Å²) in [5, 5.41) is 8.43. The van der Waals surface area contributed by atoms with Gasteiger partial charge in [0.25, 0.3) is 0 Å². The zero-order valence-electron chi connectivity index (χ0n) is 13.0. The van der Waals surface area contributed by atoms with Gasteiger partial charge in [-0.2, -0.15) is 5.10 Å². The number of nitrogens with zero attached hydrogens (tertiary/aromatic N) is 5. The molecule has 2 aromatic heterocycles. The Balaban J connectivity index is 1.58. The van der Waals surface area contributed by atoms with Gasteiger partial charge in [-0.15, -0.1) is 0 Å². The van der Waals surface area contributed by atoms with Gasteiger partial charge in [-0.3, -0.25) is 0 Å². The number of methoxy groups -OCH3 is 1. The van der Waals surface area contributed by atoms with E-state index in [1.54, 1.807) is 13.2 Å². The molecule has 1 N–H and O–H groups in total. The SMILES string of the molecule is COCc1nc2n(n1)CCCC2Nc1cc(Cl)nc(C2CC2)n1. The van der Waals surface area contributed by atoms with Gasteiger partial charge < -0.3 is 10.1 Å². The minimum absolute atomic E-state index is 0.0832. The van der Waals surface area contributed by atoms with E-state index in [-0.39, 0.29) is 6.04 Å². The molecule has 1 atom stereocenters. The van der Waals surface area contributed by atoms with E-state index in [2.05, 4.69) is 25.4 Å². The molecule has 0 amide bonds. The van der Waals surface area contributed by atoms with Crippen molar-refractivity contribution in [1.29, 1.82) is 0 Å². The van der Waals surface area contributed by atoms with Crippen molar-refractivity contribution in [3.63, 3.8) is 0 Å². The van der Waals surface area contributed by atoms with E-state index < -0.39 is 0 Å². The lowest BCUT2D eigenvalue weighted by Crippen LogP contribution is -2.23. The molecule has 0 radical (unpaired) electrons. The topological polar surface area (TPSA) is 77.8 Å². The van der Waals surface area contributed by atoms with Gasteiger partial charge in [-0.05, 0) is 25.7 Å². The van der Waals surface area contributed by atoms with Crippen LogP contribution in [0.2, 0.25) is 5.15 Å². The first kappa shape index (κ1) is 14.8. The fourth-order valence-corrected chi connectivity index (χ4v) is 3.13. The molecule has 0 aromatic carbocycles. The van der Waals surface area contributed by atoms with Crippen molar-refractivity contribution in [2.45, 2.75) is 50.8 Å². The molecular weight excluding hydrogens is 316 g/mol. The summed E-state index contributed by atoms with van der Waals surface area (Å²) in [6.45, 7) is 1.32. The fourth-order valence-electron chi connectivity index (χ4n) is 2.94. The largest absolute Gasteiger partial charge is 0.377 e. The first-order chi connectivity index (χ1) is 11.2. The van der Waals surface area contributed by atoms with E-state index in [0.29, 0.717) is 17.7 Å². The standard InChI is InChI=1S/C15H19ClN6O/c1-23-8-13-20-15-10(3-2-6-22(15)21-13)17-12-7-11(16)18-14(19-12)9-4-5-9/h7,9-10H,2-6,8H2,1H3,(H,17,18,19). The third-order valence-electron chi connectivity index (χ3n) is 4.17. The van der Waals surface area contributed by atoms with E-state index in [1.807, 2.05) is 4.68 Å². The Morgan fingerprint density at radius 1 is 1.30 bits per heavy atom. The molecule has 8 heteroatoms. The Hall–Kier alpha value is -1.73. The average molecular weight is 335 g/mol. The number of aromatic nitrogens is 5. The van der Waals surface area contributed by atoms with Crippen LogP contribution in [0.5, 0.6) is 0 Å². The lowest BCUT2D eigenvalue weighted by Gasteiger charge is -2.23. The van der Waals surface area contributed by atoms with Crippen LogP contribution in [0.1, 0.15) is 55.1 Å². The molecule has 2 aromatic rings. The zero-order valence-corrected chi connectivity index (χ0v) is 13.8. The Morgan fingerprint density at radius 3 is 2.96 bits per heavy atom. The molecule has 1 aliphatic heterocycles. The zero-order chi connectivity index (χ0) is 15.8. The van der Waals surface area contributed by atoms with Crippen molar-refractivity contribution >= 4 is 17.4 Å². The number of halogens is 1. The monoisotopic (exact) mass is 334 g/mol. The Kier molecular flexibility index (Phi) is 3.90. The van der Waals surface area contributed by atoms with Gasteiger partial charge >= 0.3 is 0 Å². The summed E-state index contributed by atoms with van der Waals surface area (Å²) in [6, 6.07) is 1.86. The first-order valence-electron chi connectivity index (χ1n) is 7.96. The summed E-state index contributed by atoms with van der Waals surface area (Å²) < 4.78 is 7.09. The van der Waals surface area contributed by atoms with Gasteiger partial charge in [0.15, 0.2) is 5.82 Å². The third-order valence-corrected chi connectivity index (χ3v) is 4.36. The van der Waals surface area contributed by atoms with Gasteiger partial charge in [0.2, 0.25) is 0 Å². The molecule has 3 heterocycles. The first-order valence-corrected chi connectivity index (χ1v) is 8.34. The number of rotatable bonds is 5. The van der Waals surface area contributed by atoms with Gasteiger partial charge in [-0.25, -0.2) is 19.6 Å². The van der Waals surface area contributed by atoms with E-state index in [1.165, 1.54) is 0 Å². The number of ether oxygens (including phenoxy) is 1. The van der Waals surface area contributed by atoms with Crippen LogP contribution in [0.25, 0.3) is 0 Å². The van der Waals surface area contributed by atoms with E-state index in [4.69, 9.17) is 16.3 Å². The molecule has 1 saturated carbocycles. The van der Waals surface area contributed by atoms with E-state index >= 15 is 0 Å². The van der Waals surface area contributed by atoms with Crippen molar-refractivity contribution in [2.24, 2.45) is 0 Å². The van der Waals surface area contributed by atoms with Crippen LogP contribution in [0.3, 0.4) is 0 Å². The summed E-state index contributed by atoms with van der Waals surface area (Å²) in [4.78, 5) is 13.5. The Labute approximate surface area is 139 Å². The average Bonchev–Trinajstić information content (AvgIpc) is 3.28. The van der Waals surface area contributed by atoms with Crippen molar-refractivity contribution in [2.75, 3.05) is 12.4 Å². The molecule has 0 spiro atoms. The summed E-state index contributed by atoms with van der Waals surface area (Å²) in [5.41, 5.74) is 0. The number of anilines is 1. The molecule has 4 rings (SSSR count). The van der Waals surface area contributed by atoms with Crippen LogP contribution in [0.15, 0.2) is 6.07 Å². The van der Waals surface area contributed by atoms with Crippen molar-refractivity contribution in [3.8, 4) is 0 Å². The predicted octanol–water partition coefficient (Wildman–Crippen LogP) is 2.69. The highest BCUT2D eigenvalue weighted by Gasteiger charge is 2.28. The maximum Gasteiger partial charge on any atom is 0.176 e. The maximum absolute atomic E-state index is 6.14. The molecular formula is C15H19ClN6O. The summed E-state index contributed by atoms with van der Waals surface area (Å²) in [7, 11) is 1.65. The van der Waals surface area contributed by atoms with Gasteiger partial charge in [0, 0.05) is 25.6 Å². The summed E-state index contributed by atoms with van der Waals surface area (Å²) >= 11 is 6.14. The second-order valence-corrected chi connectivity index (χ2v) is 6.48. The maximum atomic E-state index is 6.14. The lowest BCUT2D eigenvalue weighted by molar-refractivity contribution is 0.177. The summed E-state index contributed by atoms with van der Waals surface area (Å²) in [6.07, 6.45) is 4.34. The van der Waals surface area contributed by atoms with Crippen LogP contribution in [0.4, 0.5) is 5.82 Å². The molecule has 2 aliphatic rings. The van der Waals surface area contributed by atoms with Gasteiger partial charge in [0.05, 0.1) is 6.04 Å². The van der Waals surface area contributed by atoms with Crippen LogP contribution in [0, 0.1) is 0 Å². The highest BCUT2D eigenvalue weighted by molar-refractivity contribution is 6.29. The van der Waals surface area contributed by atoms with Crippen molar-refractivity contribution in [3.05, 3.63) is 28.7 Å². The normalized spacial score (nSPS) is 20.3. The minimum atomic E-state index is 0.0832. The van der Waals surface area contributed by atoms with E-state index in [0.717, 1.165) is 55.5 Å². The Bertz CT molecular complexity index is 714. The molecule has 1 unspecified atom stereocenters. The number of nitrogens with one attached hydrogen (secondary N) is 1. The second kappa shape index (κ2) is 6.05. The molecule has 122 valence electrons. The van der Waals surface area contributed by atoms with E-state index in [9.17, 15) is 0 Å². The lowest BCUT2D eigenvalue weighted by atomic mass is 10.1. The number of hydrogen-bond acceptors (Lipinski definition) is 6. The second-order valence-electron chi connectivity index (χ2n) is 6.09. The smallest absolute Gasteiger partial charge is 0.176 e. The summed E-state index contributed by atoms with van der Waals surface area (Å²) in [5.74, 6) is 3.73. The number of aryl methyl sites for hydroxylation is 1. The molecule has 0 bridgehead atoms. The van der Waals surface area contributed by atoms with Crippen LogP contribution in [-0.2, 0) is 17.9 Å². The minimum Gasteiger partial charge on any atom is -0.377 e. The van der Waals surface area contributed by atoms with Crippen molar-refractivity contribution in [1.82, 2.24) is 24.7 Å². The third kappa shape index (κ3) is 3.16. The van der Waals surface area contributed by atoms with Crippen molar-refractivity contribution < 1.29 is 4.74 Å². The predicted molar refractivity (Wildman–Crippen MR) is 85.3 cm³/mol. The fraction of sp³-hybridized carbons (Fsp3) is 0.600. The highest BCUT2D eigenvalue weighted by Crippen LogP contribution is 2.39. The molecule has 1 aliphatic carbocycles. The van der Waals surface area contributed by atoms with Crippen LogP contribution < -0.4 is 5.32 Å². The van der Waals surface area contributed by atoms with Gasteiger partial charge in [0.1, 0.15) is 29.2 Å². The highest BCUT2D eigenvalue weighted by atomic mass is 35.5. The Morgan fingerprint density at radius 2 is 2.17 bits per heavy atom. The van der Waals surface area contributed by atoms with Gasteiger partial charge in [-0.1, -0.05) is 11.6 Å². The molecule has 0 saturated heterocycles. The quantitative estimate of drug-likeness (QED) is 0.847. The molecule has 7 nitrogen and oxygen atoms in total. The molecule has 23 heavy (non-hydrogen) atoms. The molecule has 1 fully saturated rings. The van der Waals surface area contributed by atoms with Crippen LogP contribution >= 0.6 is 11.6 Å².